The highest BCUT2D eigenvalue weighted by molar-refractivity contribution is 5.12. The van der Waals surface area contributed by atoms with Crippen molar-refractivity contribution in [2.24, 2.45) is 39.9 Å². The topological polar surface area (TPSA) is 38.7 Å². The van der Waals surface area contributed by atoms with Gasteiger partial charge in [0, 0.05) is 17.3 Å². The Bertz CT molecular complexity index is 590. The maximum Gasteiger partial charge on any atom is 0.173 e. The van der Waals surface area contributed by atoms with E-state index in [-0.39, 0.29) is 22.7 Å². The monoisotopic (exact) mass is 376 g/mol. The number of aliphatic hydroxyl groups excluding tert-OH is 1. The van der Waals surface area contributed by atoms with Crippen LogP contribution in [0.3, 0.4) is 0 Å². The van der Waals surface area contributed by atoms with Gasteiger partial charge in [-0.25, -0.2) is 0 Å². The molecule has 154 valence electrons. The Hall–Kier alpha value is -0.120. The largest absolute Gasteiger partial charge is 0.393 e. The van der Waals surface area contributed by atoms with Crippen LogP contribution in [0.25, 0.3) is 0 Å². The number of aliphatic hydroxyl groups is 1. The number of hydrogen-bond acceptors (Lipinski definition) is 3. The second kappa shape index (κ2) is 5.95. The molecular weight excluding hydrogens is 336 g/mol. The lowest BCUT2D eigenvalue weighted by atomic mass is 9.45. The molecule has 7 unspecified atom stereocenters. The third-order valence-corrected chi connectivity index (χ3v) is 10.1. The summed E-state index contributed by atoms with van der Waals surface area (Å²) in [6.45, 7) is 11.3. The molecule has 4 saturated carbocycles. The first kappa shape index (κ1) is 18.9. The molecule has 0 amide bonds. The van der Waals surface area contributed by atoms with Gasteiger partial charge >= 0.3 is 0 Å². The van der Waals surface area contributed by atoms with Crippen LogP contribution in [0.4, 0.5) is 0 Å². The van der Waals surface area contributed by atoms with Crippen LogP contribution in [0.5, 0.6) is 0 Å². The summed E-state index contributed by atoms with van der Waals surface area (Å²) in [7, 11) is 0. The van der Waals surface area contributed by atoms with Crippen molar-refractivity contribution in [1.82, 2.24) is 0 Å². The van der Waals surface area contributed by atoms with Crippen LogP contribution < -0.4 is 0 Å². The highest BCUT2D eigenvalue weighted by Gasteiger charge is 2.67. The fraction of sp³-hybridized carbons (Fsp3) is 1.00. The van der Waals surface area contributed by atoms with Crippen LogP contribution in [-0.4, -0.2) is 30.2 Å². The van der Waals surface area contributed by atoms with Crippen LogP contribution in [0, 0.1) is 39.9 Å². The summed E-state index contributed by atoms with van der Waals surface area (Å²) >= 11 is 0. The summed E-state index contributed by atoms with van der Waals surface area (Å²) in [5.74, 6) is 2.85. The smallest absolute Gasteiger partial charge is 0.173 e. The Morgan fingerprint density at radius 3 is 2.22 bits per heavy atom. The molecule has 1 N–H and O–H groups in total. The molecule has 7 atom stereocenters. The molecule has 1 saturated heterocycles. The lowest BCUT2D eigenvalue weighted by Crippen LogP contribution is -2.60. The van der Waals surface area contributed by atoms with Crippen LogP contribution >= 0.6 is 0 Å². The lowest BCUT2D eigenvalue weighted by Gasteiger charge is -2.62. The standard InChI is InChI=1S/C24H40O3/c1-21(2)14-26-24(27-15-21)12-9-20-18-6-5-16-13-17(25)7-10-22(16,3)19(18)8-11-23(20,24)4/h16-20,25H,5-15H2,1-4H3. The fourth-order valence-electron chi connectivity index (χ4n) is 8.37. The number of rotatable bonds is 0. The van der Waals surface area contributed by atoms with Crippen molar-refractivity contribution in [3.8, 4) is 0 Å². The van der Waals surface area contributed by atoms with E-state index in [1.165, 1.54) is 38.5 Å². The maximum absolute atomic E-state index is 10.2. The minimum atomic E-state index is -0.321. The third-order valence-electron chi connectivity index (χ3n) is 10.1. The van der Waals surface area contributed by atoms with Gasteiger partial charge in [-0.15, -0.1) is 0 Å². The number of hydrogen-bond donors (Lipinski definition) is 1. The summed E-state index contributed by atoms with van der Waals surface area (Å²) < 4.78 is 13.2. The van der Waals surface area contributed by atoms with Gasteiger partial charge < -0.3 is 14.6 Å². The first-order valence-corrected chi connectivity index (χ1v) is 11.7. The molecule has 5 rings (SSSR count). The summed E-state index contributed by atoms with van der Waals surface area (Å²) in [6, 6.07) is 0. The van der Waals surface area contributed by atoms with E-state index in [0.717, 1.165) is 56.1 Å². The summed E-state index contributed by atoms with van der Waals surface area (Å²) in [4.78, 5) is 0. The van der Waals surface area contributed by atoms with Gasteiger partial charge in [0.2, 0.25) is 0 Å². The van der Waals surface area contributed by atoms with Gasteiger partial charge in [0.25, 0.3) is 0 Å². The first-order chi connectivity index (χ1) is 12.7. The van der Waals surface area contributed by atoms with E-state index in [0.29, 0.717) is 5.41 Å². The molecule has 0 aromatic rings. The van der Waals surface area contributed by atoms with Crippen LogP contribution in [-0.2, 0) is 9.47 Å². The number of fused-ring (bicyclic) bond motifs is 6. The van der Waals surface area contributed by atoms with E-state index in [2.05, 4.69) is 27.7 Å². The quantitative estimate of drug-likeness (QED) is 0.635. The van der Waals surface area contributed by atoms with E-state index >= 15 is 0 Å². The Kier molecular flexibility index (Phi) is 4.16. The fourth-order valence-corrected chi connectivity index (χ4v) is 8.37. The predicted molar refractivity (Wildman–Crippen MR) is 106 cm³/mol. The summed E-state index contributed by atoms with van der Waals surface area (Å²) in [5, 5.41) is 10.2. The van der Waals surface area contributed by atoms with Crippen molar-refractivity contribution < 1.29 is 14.6 Å². The van der Waals surface area contributed by atoms with Crippen LogP contribution in [0.2, 0.25) is 0 Å². The van der Waals surface area contributed by atoms with Crippen LogP contribution in [0.1, 0.15) is 85.5 Å². The van der Waals surface area contributed by atoms with E-state index in [1.807, 2.05) is 0 Å². The Morgan fingerprint density at radius 1 is 0.778 bits per heavy atom. The molecule has 1 aliphatic heterocycles. The lowest BCUT2D eigenvalue weighted by molar-refractivity contribution is -0.348. The molecule has 1 spiro atoms. The van der Waals surface area contributed by atoms with E-state index in [4.69, 9.17) is 9.47 Å². The maximum atomic E-state index is 10.2. The highest BCUT2D eigenvalue weighted by Crippen LogP contribution is 2.69. The van der Waals surface area contributed by atoms with Crippen molar-refractivity contribution in [3.63, 3.8) is 0 Å². The van der Waals surface area contributed by atoms with Crippen molar-refractivity contribution in [1.29, 1.82) is 0 Å². The molecule has 5 aliphatic rings. The molecule has 27 heavy (non-hydrogen) atoms. The molecule has 0 aromatic heterocycles. The minimum absolute atomic E-state index is 0.0457. The Labute approximate surface area is 165 Å². The van der Waals surface area contributed by atoms with Crippen molar-refractivity contribution in [3.05, 3.63) is 0 Å². The zero-order chi connectivity index (χ0) is 19.1. The van der Waals surface area contributed by atoms with Crippen LogP contribution in [0.15, 0.2) is 0 Å². The van der Waals surface area contributed by atoms with E-state index in [9.17, 15) is 5.11 Å². The normalized spacial score (nSPS) is 53.4. The van der Waals surface area contributed by atoms with Crippen molar-refractivity contribution in [2.75, 3.05) is 13.2 Å². The van der Waals surface area contributed by atoms with Gasteiger partial charge in [-0.05, 0) is 80.5 Å². The summed E-state index contributed by atoms with van der Waals surface area (Å²) in [5.41, 5.74) is 0.781. The zero-order valence-corrected chi connectivity index (χ0v) is 17.9. The molecule has 3 nitrogen and oxygen atoms in total. The Morgan fingerprint density at radius 2 is 1.48 bits per heavy atom. The molecule has 3 heteroatoms. The zero-order valence-electron chi connectivity index (χ0n) is 17.9. The molecular formula is C24H40O3. The van der Waals surface area contributed by atoms with Gasteiger partial charge in [-0.1, -0.05) is 27.7 Å². The van der Waals surface area contributed by atoms with Gasteiger partial charge in [-0.2, -0.15) is 0 Å². The van der Waals surface area contributed by atoms with Gasteiger partial charge in [0.15, 0.2) is 5.79 Å². The second-order valence-corrected chi connectivity index (χ2v) is 12.1. The molecule has 0 radical (unpaired) electrons. The number of ether oxygens (including phenoxy) is 2. The minimum Gasteiger partial charge on any atom is -0.393 e. The Balaban J connectivity index is 1.41. The second-order valence-electron chi connectivity index (χ2n) is 12.1. The molecule has 0 aromatic carbocycles. The molecule has 1 heterocycles. The molecule has 5 fully saturated rings. The van der Waals surface area contributed by atoms with Crippen molar-refractivity contribution in [2.45, 2.75) is 97.4 Å². The van der Waals surface area contributed by atoms with E-state index < -0.39 is 0 Å². The SMILES string of the molecule is CC1(C)COC2(CCC3C4CCC5CC(O)CCC5(C)C4CCC32C)OC1. The van der Waals surface area contributed by atoms with Crippen molar-refractivity contribution >= 4 is 0 Å². The van der Waals surface area contributed by atoms with Gasteiger partial charge in [0.05, 0.1) is 19.3 Å². The average molecular weight is 377 g/mol. The predicted octanol–water partition coefficient (Wildman–Crippen LogP) is 5.16. The molecule has 4 aliphatic carbocycles. The van der Waals surface area contributed by atoms with Gasteiger partial charge in [0.1, 0.15) is 0 Å². The average Bonchev–Trinajstić information content (AvgIpc) is 2.91. The highest BCUT2D eigenvalue weighted by atomic mass is 16.7. The summed E-state index contributed by atoms with van der Waals surface area (Å²) in [6.07, 6.45) is 10.9. The van der Waals surface area contributed by atoms with E-state index in [1.54, 1.807) is 0 Å². The molecule has 0 bridgehead atoms. The first-order valence-electron chi connectivity index (χ1n) is 11.7. The van der Waals surface area contributed by atoms with Gasteiger partial charge in [-0.3, -0.25) is 0 Å². The third kappa shape index (κ3) is 2.56.